The van der Waals surface area contributed by atoms with Crippen molar-refractivity contribution in [1.82, 2.24) is 35.4 Å². The minimum atomic E-state index is -0.865. The standard InChI is InChI=1S/C57H77N11O5S/c1-36-29-42(64-53(71)46(58)32-56(4,5)6)18-20-45(36)41-22-23-59-48(30-41)63-43-19-21-49(60-33-43)67-27-25-66(26-28-67)24-12-10-11-13-50(70)65-52(57(7,8)9)55(73)68-34-44(69)31-47(68)54(72)62-37(2)39-14-16-40(17-15-39)51-38(3)61-35-74-51/h14-23,29-30,33,35,37,44,46-47,52,69H,10-13,24-28,31-32,34,58H2,1-9H3,(H,59,63)(H,62,72)(H,64,71)(H,65,70)/t37-,44+,46+,47-,52+/m0/s1. The van der Waals surface area contributed by atoms with E-state index in [0.29, 0.717) is 30.8 Å². The number of carbonyl (C=O) groups excluding carboxylic acids is 4. The van der Waals surface area contributed by atoms with Gasteiger partial charge in [0.2, 0.25) is 23.6 Å². The predicted molar refractivity (Wildman–Crippen MR) is 296 cm³/mol. The highest BCUT2D eigenvalue weighted by molar-refractivity contribution is 7.13. The quantitative estimate of drug-likeness (QED) is 0.0431. The van der Waals surface area contributed by atoms with Crippen molar-refractivity contribution in [3.8, 4) is 21.6 Å². The monoisotopic (exact) mass is 1030 g/mol. The molecule has 7 N–H and O–H groups in total. The smallest absolute Gasteiger partial charge is 0.246 e. The van der Waals surface area contributed by atoms with Crippen molar-refractivity contribution < 1.29 is 24.3 Å². The average molecular weight is 1030 g/mol. The first-order chi connectivity index (χ1) is 35.1. The van der Waals surface area contributed by atoms with Crippen LogP contribution in [0.1, 0.15) is 110 Å². The highest BCUT2D eigenvalue weighted by Crippen LogP contribution is 2.32. The van der Waals surface area contributed by atoms with E-state index < -0.39 is 29.6 Å². The number of aryl methyl sites for hydroxylation is 2. The second-order valence-corrected chi connectivity index (χ2v) is 23.2. The van der Waals surface area contributed by atoms with E-state index in [1.165, 1.54) is 4.90 Å². The summed E-state index contributed by atoms with van der Waals surface area (Å²) in [6.07, 6.45) is 6.30. The maximum Gasteiger partial charge on any atom is 0.246 e. The molecule has 0 unspecified atom stereocenters. The minimum Gasteiger partial charge on any atom is -0.391 e. The number of hydrogen-bond donors (Lipinski definition) is 6. The third-order valence-electron chi connectivity index (χ3n) is 13.9. The number of benzene rings is 2. The van der Waals surface area contributed by atoms with E-state index in [0.717, 1.165) is 95.5 Å². The first kappa shape index (κ1) is 55.5. The third kappa shape index (κ3) is 14.9. The van der Waals surface area contributed by atoms with Gasteiger partial charge in [0.15, 0.2) is 0 Å². The van der Waals surface area contributed by atoms with Gasteiger partial charge in [0.05, 0.1) is 46.2 Å². The minimum absolute atomic E-state index is 0.0252. The lowest BCUT2D eigenvalue weighted by atomic mass is 9.85. The lowest BCUT2D eigenvalue weighted by Gasteiger charge is -2.35. The summed E-state index contributed by atoms with van der Waals surface area (Å²) in [6.45, 7) is 22.3. The molecule has 4 amide bonds. The van der Waals surface area contributed by atoms with Gasteiger partial charge in [0.25, 0.3) is 0 Å². The highest BCUT2D eigenvalue weighted by atomic mass is 32.1. The van der Waals surface area contributed by atoms with E-state index in [1.807, 2.05) is 120 Å². The molecule has 16 nitrogen and oxygen atoms in total. The Morgan fingerprint density at radius 2 is 1.57 bits per heavy atom. The van der Waals surface area contributed by atoms with Crippen LogP contribution in [0.3, 0.4) is 0 Å². The Labute approximate surface area is 441 Å². The number of unbranched alkanes of at least 4 members (excludes halogenated alkanes) is 2. The van der Waals surface area contributed by atoms with E-state index in [9.17, 15) is 24.3 Å². The SMILES string of the molecule is Cc1cc(NC(=O)[C@H](N)CC(C)(C)C)ccc1-c1ccnc(Nc2ccc(N3CCN(CCCCCC(=O)N[C@H](C(=O)N4C[C@H](O)C[C@H]4C(=O)N[C@@H](C)c4ccc(-c5scnc5C)cc4)C(C)(C)C)CC3)nc2)c1. The molecule has 0 aliphatic carbocycles. The van der Waals surface area contributed by atoms with Crippen molar-refractivity contribution in [2.75, 3.05) is 54.8 Å². The second kappa shape index (κ2) is 24.4. The molecule has 0 bridgehead atoms. The summed E-state index contributed by atoms with van der Waals surface area (Å²) in [4.78, 5) is 75.0. The molecule has 2 aromatic carbocycles. The molecule has 5 aromatic rings. The summed E-state index contributed by atoms with van der Waals surface area (Å²) in [7, 11) is 0. The fraction of sp³-hybridized carbons (Fsp3) is 0.491. The van der Waals surface area contributed by atoms with Crippen molar-refractivity contribution in [1.29, 1.82) is 0 Å². The summed E-state index contributed by atoms with van der Waals surface area (Å²) in [6, 6.07) is 19.3. The zero-order chi connectivity index (χ0) is 53.3. The van der Waals surface area contributed by atoms with E-state index in [-0.39, 0.29) is 48.1 Å². The molecular weight excluding hydrogens is 951 g/mol. The Bertz CT molecular complexity index is 2710. The van der Waals surface area contributed by atoms with Crippen molar-refractivity contribution in [2.24, 2.45) is 16.6 Å². The van der Waals surface area contributed by atoms with Gasteiger partial charge in [0, 0.05) is 57.4 Å². The average Bonchev–Trinajstić information content (AvgIpc) is 3.97. The number of nitrogens with one attached hydrogen (secondary N) is 4. The molecule has 2 saturated heterocycles. The Morgan fingerprint density at radius 3 is 2.22 bits per heavy atom. The number of piperazine rings is 1. The number of pyridine rings is 2. The molecule has 3 aromatic heterocycles. The van der Waals surface area contributed by atoms with Crippen LogP contribution in [0.2, 0.25) is 0 Å². The number of likely N-dealkylation sites (tertiary alicyclic amines) is 1. The summed E-state index contributed by atoms with van der Waals surface area (Å²) in [5, 5.41) is 23.1. The lowest BCUT2D eigenvalue weighted by molar-refractivity contribution is -0.144. The number of β-amino-alcohol motifs (C(OH)–C–C–N with tert-alkyl or cyclic N) is 1. The van der Waals surface area contributed by atoms with Crippen LogP contribution in [0.25, 0.3) is 21.6 Å². The van der Waals surface area contributed by atoms with Gasteiger partial charge in [-0.15, -0.1) is 11.3 Å². The number of thiazole rings is 1. The summed E-state index contributed by atoms with van der Waals surface area (Å²) < 4.78 is 0. The Balaban J connectivity index is 0.814. The number of hydrogen-bond acceptors (Lipinski definition) is 13. The van der Waals surface area contributed by atoms with Gasteiger partial charge in [-0.1, -0.05) is 78.3 Å². The van der Waals surface area contributed by atoms with E-state index in [2.05, 4.69) is 61.8 Å². The second-order valence-electron chi connectivity index (χ2n) is 22.4. The number of aliphatic hydroxyl groups excluding tert-OH is 1. The molecule has 0 spiro atoms. The number of anilines is 4. The highest BCUT2D eigenvalue weighted by Gasteiger charge is 2.44. The number of nitrogens with zero attached hydrogens (tertiary/aromatic N) is 6. The zero-order valence-corrected chi connectivity index (χ0v) is 45.5. The van der Waals surface area contributed by atoms with Crippen molar-refractivity contribution in [3.63, 3.8) is 0 Å². The maximum atomic E-state index is 14.2. The van der Waals surface area contributed by atoms with Crippen LogP contribution >= 0.6 is 11.3 Å². The largest absolute Gasteiger partial charge is 0.391 e. The molecule has 2 aliphatic heterocycles. The van der Waals surface area contributed by atoms with E-state index in [4.69, 9.17) is 10.7 Å². The van der Waals surface area contributed by atoms with E-state index in [1.54, 1.807) is 17.5 Å². The first-order valence-electron chi connectivity index (χ1n) is 26.0. The van der Waals surface area contributed by atoms with Gasteiger partial charge in [-0.05, 0) is 122 Å². The summed E-state index contributed by atoms with van der Waals surface area (Å²) in [5.41, 5.74) is 14.9. The molecule has 5 atom stereocenters. The van der Waals surface area contributed by atoms with Crippen LogP contribution in [-0.2, 0) is 19.2 Å². The van der Waals surface area contributed by atoms with Crippen LogP contribution in [0.15, 0.2) is 84.6 Å². The molecule has 17 heteroatoms. The van der Waals surface area contributed by atoms with Crippen LogP contribution in [0.5, 0.6) is 0 Å². The van der Waals surface area contributed by atoms with Gasteiger partial charge in [-0.3, -0.25) is 24.1 Å². The molecule has 74 heavy (non-hydrogen) atoms. The number of aliphatic hydroxyl groups is 1. The van der Waals surface area contributed by atoms with Gasteiger partial charge in [-0.25, -0.2) is 15.0 Å². The first-order valence-corrected chi connectivity index (χ1v) is 26.9. The van der Waals surface area contributed by atoms with Crippen molar-refractivity contribution in [2.45, 2.75) is 131 Å². The number of amides is 4. The molecule has 2 aliphatic rings. The van der Waals surface area contributed by atoms with Gasteiger partial charge in [-0.2, -0.15) is 0 Å². The van der Waals surface area contributed by atoms with Crippen LogP contribution in [0.4, 0.5) is 23.0 Å². The number of carbonyl (C=O) groups is 4. The number of nitrogens with two attached hydrogens (primary N) is 1. The summed E-state index contributed by atoms with van der Waals surface area (Å²) in [5.74, 6) is 0.535. The summed E-state index contributed by atoms with van der Waals surface area (Å²) >= 11 is 1.59. The van der Waals surface area contributed by atoms with E-state index >= 15 is 0 Å². The number of aromatic nitrogens is 3. The molecule has 5 heterocycles. The molecular formula is C57H77N11O5S. The van der Waals surface area contributed by atoms with Crippen molar-refractivity contribution >= 4 is 58.0 Å². The van der Waals surface area contributed by atoms with Crippen LogP contribution < -0.4 is 31.9 Å². The molecule has 0 radical (unpaired) electrons. The molecule has 0 saturated carbocycles. The van der Waals surface area contributed by atoms with Gasteiger partial charge < -0.3 is 41.9 Å². The molecule has 396 valence electrons. The third-order valence-corrected chi connectivity index (χ3v) is 14.9. The Morgan fingerprint density at radius 1 is 0.838 bits per heavy atom. The topological polar surface area (TPSA) is 211 Å². The fourth-order valence-electron chi connectivity index (χ4n) is 9.76. The van der Waals surface area contributed by atoms with Gasteiger partial charge in [0.1, 0.15) is 23.7 Å². The van der Waals surface area contributed by atoms with Crippen LogP contribution in [0, 0.1) is 24.7 Å². The lowest BCUT2D eigenvalue weighted by Crippen LogP contribution is -2.57. The Hall–Kier alpha value is -6.27. The molecule has 7 rings (SSSR count). The van der Waals surface area contributed by atoms with Crippen molar-refractivity contribution in [3.05, 3.63) is 101 Å². The zero-order valence-electron chi connectivity index (χ0n) is 44.7. The van der Waals surface area contributed by atoms with Gasteiger partial charge >= 0.3 is 0 Å². The Kier molecular flexibility index (Phi) is 18.3. The predicted octanol–water partition coefficient (Wildman–Crippen LogP) is 8.38. The van der Waals surface area contributed by atoms with Crippen LogP contribution in [-0.4, -0.2) is 117 Å². The maximum absolute atomic E-state index is 14.2. The fourth-order valence-corrected chi connectivity index (χ4v) is 10.6. The normalized spacial score (nSPS) is 17.6. The molecule has 2 fully saturated rings. The number of rotatable bonds is 19.